The highest BCUT2D eigenvalue weighted by Gasteiger charge is 2.37. The summed E-state index contributed by atoms with van der Waals surface area (Å²) >= 11 is 12.0. The molecule has 0 unspecified atom stereocenters. The van der Waals surface area contributed by atoms with Gasteiger partial charge in [0.25, 0.3) is 5.91 Å². The Bertz CT molecular complexity index is 840. The molecule has 9 heteroatoms. The molecule has 7 nitrogen and oxygen atoms in total. The molecule has 0 saturated heterocycles. The second-order valence-corrected chi connectivity index (χ2v) is 7.93. The standard InChI is InChI=1S/C20H24Cl2N2O5/c1-4-16(29-17-9-12(21)5-6-15(17)22)19(26)24-23-18(25)13-7-10(2)11(3)8-14(13)20(27)28/h5-6,9,13-14,16H,4,7-8H2,1-3H3,(H,23,25)(H,24,26)(H,27,28)/t13-,14-,16-/m0/s1. The number of amides is 2. The molecule has 1 aromatic rings. The van der Waals surface area contributed by atoms with Gasteiger partial charge < -0.3 is 9.84 Å². The maximum atomic E-state index is 12.5. The lowest BCUT2D eigenvalue weighted by Gasteiger charge is -2.29. The predicted octanol–water partition coefficient (Wildman–Crippen LogP) is 3.75. The third kappa shape index (κ3) is 5.87. The van der Waals surface area contributed by atoms with Gasteiger partial charge in [-0.3, -0.25) is 25.2 Å². The van der Waals surface area contributed by atoms with Gasteiger partial charge >= 0.3 is 5.97 Å². The molecule has 1 aliphatic rings. The molecule has 1 aromatic carbocycles. The summed E-state index contributed by atoms with van der Waals surface area (Å²) in [5, 5.41) is 10.2. The SMILES string of the molecule is CC[C@H](Oc1cc(Cl)ccc1Cl)C(=O)NNC(=O)[C@H]1CC(C)=C(C)C[C@@H]1C(=O)O. The lowest BCUT2D eigenvalue weighted by Crippen LogP contribution is -2.51. The van der Waals surface area contributed by atoms with Crippen LogP contribution in [0.4, 0.5) is 0 Å². The number of carboxylic acid groups (broad SMARTS) is 1. The van der Waals surface area contributed by atoms with Gasteiger partial charge in [0.05, 0.1) is 16.9 Å². The van der Waals surface area contributed by atoms with Crippen molar-refractivity contribution >= 4 is 41.0 Å². The minimum atomic E-state index is -1.03. The Hall–Kier alpha value is -2.25. The Kier molecular flexibility index (Phi) is 7.93. The minimum absolute atomic E-state index is 0.252. The third-order valence-corrected chi connectivity index (χ3v) is 5.60. The fraction of sp³-hybridized carbons (Fsp3) is 0.450. The van der Waals surface area contributed by atoms with E-state index in [9.17, 15) is 19.5 Å². The predicted molar refractivity (Wildman–Crippen MR) is 110 cm³/mol. The van der Waals surface area contributed by atoms with Crippen molar-refractivity contribution in [1.29, 1.82) is 0 Å². The zero-order valence-corrected chi connectivity index (χ0v) is 17.9. The second kappa shape index (κ2) is 9.98. The molecule has 158 valence electrons. The van der Waals surface area contributed by atoms with E-state index in [4.69, 9.17) is 27.9 Å². The van der Waals surface area contributed by atoms with Crippen LogP contribution in [0.1, 0.15) is 40.0 Å². The number of nitrogens with one attached hydrogen (secondary N) is 2. The van der Waals surface area contributed by atoms with Gasteiger partial charge in [0.1, 0.15) is 5.75 Å². The fourth-order valence-corrected chi connectivity index (χ4v) is 3.49. The van der Waals surface area contributed by atoms with Crippen molar-refractivity contribution in [2.75, 3.05) is 0 Å². The molecule has 1 aliphatic carbocycles. The fourth-order valence-electron chi connectivity index (χ4n) is 3.17. The van der Waals surface area contributed by atoms with Crippen molar-refractivity contribution in [3.8, 4) is 5.75 Å². The molecular weight excluding hydrogens is 419 g/mol. The molecule has 3 N–H and O–H groups in total. The van der Waals surface area contributed by atoms with E-state index in [1.54, 1.807) is 19.1 Å². The van der Waals surface area contributed by atoms with Crippen molar-refractivity contribution in [2.45, 2.75) is 46.1 Å². The number of carboxylic acids is 1. The van der Waals surface area contributed by atoms with E-state index in [0.29, 0.717) is 29.3 Å². The Morgan fingerprint density at radius 1 is 1.14 bits per heavy atom. The van der Waals surface area contributed by atoms with Gasteiger partial charge in [0.15, 0.2) is 6.10 Å². The Labute approximate surface area is 179 Å². The van der Waals surface area contributed by atoms with Crippen LogP contribution in [0, 0.1) is 11.8 Å². The van der Waals surface area contributed by atoms with Gasteiger partial charge in [0.2, 0.25) is 5.91 Å². The van der Waals surface area contributed by atoms with E-state index < -0.39 is 35.7 Å². The quantitative estimate of drug-likeness (QED) is 0.459. The molecule has 0 aliphatic heterocycles. The number of carbonyl (C=O) groups excluding carboxylic acids is 2. The topological polar surface area (TPSA) is 105 Å². The summed E-state index contributed by atoms with van der Waals surface area (Å²) < 4.78 is 5.62. The average Bonchev–Trinajstić information content (AvgIpc) is 2.67. The molecule has 29 heavy (non-hydrogen) atoms. The first kappa shape index (κ1) is 23.0. The molecule has 3 atom stereocenters. The minimum Gasteiger partial charge on any atom is -0.481 e. The molecule has 2 amide bonds. The number of aliphatic carboxylic acids is 1. The van der Waals surface area contributed by atoms with Gasteiger partial charge in [-0.1, -0.05) is 41.3 Å². The van der Waals surface area contributed by atoms with E-state index in [1.165, 1.54) is 6.07 Å². The lowest BCUT2D eigenvalue weighted by atomic mass is 9.76. The van der Waals surface area contributed by atoms with Crippen LogP contribution in [0.3, 0.4) is 0 Å². The van der Waals surface area contributed by atoms with Crippen LogP contribution in [0.2, 0.25) is 10.0 Å². The van der Waals surface area contributed by atoms with Gasteiger partial charge in [0, 0.05) is 11.1 Å². The smallest absolute Gasteiger partial charge is 0.307 e. The number of allylic oxidation sites excluding steroid dienone is 2. The van der Waals surface area contributed by atoms with Crippen LogP contribution < -0.4 is 15.6 Å². The maximum Gasteiger partial charge on any atom is 0.307 e. The highest BCUT2D eigenvalue weighted by Crippen LogP contribution is 2.34. The highest BCUT2D eigenvalue weighted by atomic mass is 35.5. The van der Waals surface area contributed by atoms with E-state index in [2.05, 4.69) is 10.9 Å². The Morgan fingerprint density at radius 2 is 1.76 bits per heavy atom. The number of carbonyl (C=O) groups is 3. The van der Waals surface area contributed by atoms with Crippen molar-refractivity contribution in [3.63, 3.8) is 0 Å². The molecule has 0 radical (unpaired) electrons. The summed E-state index contributed by atoms with van der Waals surface area (Å²) in [5.41, 5.74) is 6.62. The summed E-state index contributed by atoms with van der Waals surface area (Å²) in [6.45, 7) is 5.48. The molecule has 0 aromatic heterocycles. The number of hydrogen-bond donors (Lipinski definition) is 3. The highest BCUT2D eigenvalue weighted by molar-refractivity contribution is 6.34. The second-order valence-electron chi connectivity index (χ2n) is 7.09. The first-order chi connectivity index (χ1) is 13.6. The van der Waals surface area contributed by atoms with E-state index in [1.807, 2.05) is 13.8 Å². The van der Waals surface area contributed by atoms with Gasteiger partial charge in [-0.15, -0.1) is 0 Å². The van der Waals surface area contributed by atoms with Crippen LogP contribution in [0.5, 0.6) is 5.75 Å². The molecule has 0 spiro atoms. The summed E-state index contributed by atoms with van der Waals surface area (Å²) in [4.78, 5) is 36.5. The molecule has 2 rings (SSSR count). The summed E-state index contributed by atoms with van der Waals surface area (Å²) in [5.74, 6) is -3.51. The molecule has 0 saturated carbocycles. The van der Waals surface area contributed by atoms with Crippen LogP contribution in [0.15, 0.2) is 29.3 Å². The largest absolute Gasteiger partial charge is 0.481 e. The van der Waals surface area contributed by atoms with E-state index >= 15 is 0 Å². The number of ether oxygens (including phenoxy) is 1. The number of halogens is 2. The third-order valence-electron chi connectivity index (χ3n) is 5.06. The number of hydrazine groups is 1. The van der Waals surface area contributed by atoms with Crippen LogP contribution in [0.25, 0.3) is 0 Å². The van der Waals surface area contributed by atoms with Crippen LogP contribution >= 0.6 is 23.2 Å². The molecular formula is C20H24Cl2N2O5. The number of hydrogen-bond acceptors (Lipinski definition) is 4. The normalized spacial score (nSPS) is 20.0. The Morgan fingerprint density at radius 3 is 2.34 bits per heavy atom. The molecule has 0 fully saturated rings. The van der Waals surface area contributed by atoms with Crippen molar-refractivity contribution in [1.82, 2.24) is 10.9 Å². The summed E-state index contributed by atoms with van der Waals surface area (Å²) in [7, 11) is 0. The van der Waals surface area contributed by atoms with E-state index in [0.717, 1.165) is 11.1 Å². The molecule has 0 bridgehead atoms. The van der Waals surface area contributed by atoms with Crippen molar-refractivity contribution in [2.24, 2.45) is 11.8 Å². The van der Waals surface area contributed by atoms with Crippen molar-refractivity contribution < 1.29 is 24.2 Å². The number of rotatable bonds is 6. The van der Waals surface area contributed by atoms with Crippen LogP contribution in [-0.4, -0.2) is 29.0 Å². The van der Waals surface area contributed by atoms with E-state index in [-0.39, 0.29) is 5.75 Å². The van der Waals surface area contributed by atoms with Crippen molar-refractivity contribution in [3.05, 3.63) is 39.4 Å². The average molecular weight is 443 g/mol. The zero-order valence-electron chi connectivity index (χ0n) is 16.4. The first-order valence-electron chi connectivity index (χ1n) is 9.23. The van der Waals surface area contributed by atoms with Gasteiger partial charge in [-0.25, -0.2) is 0 Å². The summed E-state index contributed by atoms with van der Waals surface area (Å²) in [6.07, 6.45) is 0.0290. The zero-order chi connectivity index (χ0) is 21.7. The van der Waals surface area contributed by atoms with Crippen LogP contribution in [-0.2, 0) is 14.4 Å². The first-order valence-corrected chi connectivity index (χ1v) is 9.99. The monoisotopic (exact) mass is 442 g/mol. The molecule has 0 heterocycles. The summed E-state index contributed by atoms with van der Waals surface area (Å²) in [6, 6.07) is 4.65. The Balaban J connectivity index is 2.01. The number of benzene rings is 1. The maximum absolute atomic E-state index is 12.5. The lowest BCUT2D eigenvalue weighted by molar-refractivity contribution is -0.148. The van der Waals surface area contributed by atoms with Gasteiger partial charge in [-0.05, 0) is 45.2 Å². The van der Waals surface area contributed by atoms with Gasteiger partial charge in [-0.2, -0.15) is 0 Å².